The summed E-state index contributed by atoms with van der Waals surface area (Å²) in [4.78, 5) is 24.1. The molecule has 1 fully saturated rings. The van der Waals surface area contributed by atoms with E-state index in [4.69, 9.17) is 9.47 Å². The van der Waals surface area contributed by atoms with Gasteiger partial charge in [-0.25, -0.2) is 4.79 Å². The van der Waals surface area contributed by atoms with Gasteiger partial charge in [-0.1, -0.05) is 6.58 Å². The van der Waals surface area contributed by atoms with Crippen molar-refractivity contribution in [2.45, 2.75) is 32.9 Å². The molecule has 0 aromatic carbocycles. The first-order valence-corrected chi connectivity index (χ1v) is 5.76. The van der Waals surface area contributed by atoms with Gasteiger partial charge < -0.3 is 14.4 Å². The summed E-state index contributed by atoms with van der Waals surface area (Å²) in [5.74, 6) is -0.296. The summed E-state index contributed by atoms with van der Waals surface area (Å²) >= 11 is 0. The molecule has 0 radical (unpaired) electrons. The molecule has 1 aliphatic heterocycles. The smallest absolute Gasteiger partial charge is 0.333 e. The molecule has 1 atom stereocenters. The number of carbonyl (C=O) groups excluding carboxylic acids is 2. The third-order valence-electron chi connectivity index (χ3n) is 2.57. The summed E-state index contributed by atoms with van der Waals surface area (Å²) in [6.07, 6.45) is 1.23. The number of hydrogen-bond donors (Lipinski definition) is 0. The molecule has 0 N–H and O–H groups in total. The highest BCUT2D eigenvalue weighted by Crippen LogP contribution is 2.13. The molecule has 0 saturated carbocycles. The van der Waals surface area contributed by atoms with Crippen molar-refractivity contribution in [1.29, 1.82) is 0 Å². The van der Waals surface area contributed by atoms with Gasteiger partial charge in [-0.3, -0.25) is 4.79 Å². The van der Waals surface area contributed by atoms with Gasteiger partial charge in [0.15, 0.2) is 0 Å². The lowest BCUT2D eigenvalue weighted by molar-refractivity contribution is -0.147. The number of carbonyl (C=O) groups is 2. The second-order valence-electron chi connectivity index (χ2n) is 4.08. The number of ether oxygens (including phenoxy) is 2. The molecule has 1 heterocycles. The van der Waals surface area contributed by atoms with E-state index in [0.717, 1.165) is 13.0 Å². The third-order valence-corrected chi connectivity index (χ3v) is 2.57. The van der Waals surface area contributed by atoms with Crippen LogP contribution in [0.3, 0.4) is 0 Å². The number of hydrogen-bond acceptors (Lipinski definition) is 4. The van der Waals surface area contributed by atoms with Crippen LogP contribution in [-0.2, 0) is 19.1 Å². The fourth-order valence-corrected chi connectivity index (χ4v) is 1.62. The zero-order valence-corrected chi connectivity index (χ0v) is 10.4. The molecule has 0 aromatic heterocycles. The minimum atomic E-state index is -0.418. The van der Waals surface area contributed by atoms with Gasteiger partial charge in [0.1, 0.15) is 12.8 Å². The Bertz CT molecular complexity index is 314. The molecule has 5 nitrogen and oxygen atoms in total. The lowest BCUT2D eigenvalue weighted by atomic mass is 10.4. The van der Waals surface area contributed by atoms with Gasteiger partial charge in [-0.15, -0.1) is 0 Å². The van der Waals surface area contributed by atoms with Gasteiger partial charge in [0.2, 0.25) is 5.91 Å². The van der Waals surface area contributed by atoms with Gasteiger partial charge in [0.05, 0.1) is 6.61 Å². The average molecular weight is 241 g/mol. The van der Waals surface area contributed by atoms with Gasteiger partial charge in [-0.05, 0) is 20.3 Å². The summed E-state index contributed by atoms with van der Waals surface area (Å²) in [6.45, 7) is 8.09. The quantitative estimate of drug-likeness (QED) is 0.397. The molecule has 5 heteroatoms. The Morgan fingerprint density at radius 1 is 1.53 bits per heavy atom. The summed E-state index contributed by atoms with van der Waals surface area (Å²) in [5.41, 5.74) is 0.368. The molecule has 17 heavy (non-hydrogen) atoms. The molecule has 0 spiro atoms. The zero-order valence-electron chi connectivity index (χ0n) is 10.4. The highest BCUT2D eigenvalue weighted by Gasteiger charge is 2.25. The standard InChI is InChI=1S/C12H19NO4/c1-9(2)12(15)17-8-7-16-10(3)13-6-4-5-11(13)14/h10H,1,4-8H2,2-3H3. The number of rotatable bonds is 6. The van der Waals surface area contributed by atoms with Crippen LogP contribution in [-0.4, -0.2) is 42.8 Å². The van der Waals surface area contributed by atoms with Crippen LogP contribution < -0.4 is 0 Å². The Kier molecular flexibility index (Phi) is 5.15. The first-order chi connectivity index (χ1) is 8.02. The van der Waals surface area contributed by atoms with Gasteiger partial charge in [0.25, 0.3) is 0 Å². The van der Waals surface area contributed by atoms with E-state index in [9.17, 15) is 9.59 Å². The molecule has 1 aliphatic rings. The molecule has 1 unspecified atom stereocenters. The Morgan fingerprint density at radius 3 is 2.76 bits per heavy atom. The molecule has 96 valence electrons. The minimum Gasteiger partial charge on any atom is -0.460 e. The lowest BCUT2D eigenvalue weighted by Crippen LogP contribution is -2.36. The molecule has 1 amide bonds. The van der Waals surface area contributed by atoms with E-state index in [1.165, 1.54) is 0 Å². The maximum absolute atomic E-state index is 11.4. The predicted molar refractivity (Wildman–Crippen MR) is 62.1 cm³/mol. The van der Waals surface area contributed by atoms with Crippen molar-refractivity contribution in [3.8, 4) is 0 Å². The van der Waals surface area contributed by atoms with Crippen LogP contribution in [0.15, 0.2) is 12.2 Å². The van der Waals surface area contributed by atoms with E-state index in [1.54, 1.807) is 11.8 Å². The largest absolute Gasteiger partial charge is 0.460 e. The van der Waals surface area contributed by atoms with Crippen LogP contribution >= 0.6 is 0 Å². The van der Waals surface area contributed by atoms with Crippen LogP contribution in [0.2, 0.25) is 0 Å². The highest BCUT2D eigenvalue weighted by molar-refractivity contribution is 5.86. The summed E-state index contributed by atoms with van der Waals surface area (Å²) in [7, 11) is 0. The molecule has 1 rings (SSSR count). The van der Waals surface area contributed by atoms with Crippen LogP contribution in [0.25, 0.3) is 0 Å². The van der Waals surface area contributed by atoms with Crippen molar-refractivity contribution in [3.05, 3.63) is 12.2 Å². The van der Waals surface area contributed by atoms with E-state index in [1.807, 2.05) is 6.92 Å². The topological polar surface area (TPSA) is 55.8 Å². The first-order valence-electron chi connectivity index (χ1n) is 5.76. The van der Waals surface area contributed by atoms with Gasteiger partial charge >= 0.3 is 5.97 Å². The Labute approximate surface area is 101 Å². The van der Waals surface area contributed by atoms with Gasteiger partial charge in [0, 0.05) is 18.5 Å². The molecular formula is C12H19NO4. The third kappa shape index (κ3) is 4.19. The molecule has 0 aliphatic carbocycles. The SMILES string of the molecule is C=C(C)C(=O)OCCOC(C)N1CCCC1=O. The van der Waals surface area contributed by atoms with Crippen LogP contribution in [0, 0.1) is 0 Å². The average Bonchev–Trinajstić information content (AvgIpc) is 2.70. The van der Waals surface area contributed by atoms with E-state index in [0.29, 0.717) is 12.0 Å². The summed E-state index contributed by atoms with van der Waals surface area (Å²) < 4.78 is 10.3. The van der Waals surface area contributed by atoms with Crippen LogP contribution in [0.1, 0.15) is 26.7 Å². The van der Waals surface area contributed by atoms with Crippen molar-refractivity contribution >= 4 is 11.9 Å². The number of amides is 1. The van der Waals surface area contributed by atoms with Crippen molar-refractivity contribution in [3.63, 3.8) is 0 Å². The Hall–Kier alpha value is -1.36. The molecule has 0 aromatic rings. The normalized spacial score (nSPS) is 17.1. The van der Waals surface area contributed by atoms with Crippen molar-refractivity contribution in [2.24, 2.45) is 0 Å². The Balaban J connectivity index is 2.16. The molecule has 1 saturated heterocycles. The molecule has 0 bridgehead atoms. The first kappa shape index (κ1) is 13.7. The number of esters is 1. The number of nitrogens with zero attached hydrogens (tertiary/aromatic N) is 1. The van der Waals surface area contributed by atoms with E-state index in [2.05, 4.69) is 6.58 Å². The lowest BCUT2D eigenvalue weighted by Gasteiger charge is -2.24. The maximum atomic E-state index is 11.4. The van der Waals surface area contributed by atoms with Crippen molar-refractivity contribution in [1.82, 2.24) is 4.90 Å². The monoisotopic (exact) mass is 241 g/mol. The van der Waals surface area contributed by atoms with Crippen molar-refractivity contribution < 1.29 is 19.1 Å². The van der Waals surface area contributed by atoms with E-state index < -0.39 is 5.97 Å². The van der Waals surface area contributed by atoms with Gasteiger partial charge in [-0.2, -0.15) is 0 Å². The van der Waals surface area contributed by atoms with Crippen LogP contribution in [0.4, 0.5) is 0 Å². The second-order valence-corrected chi connectivity index (χ2v) is 4.08. The fourth-order valence-electron chi connectivity index (χ4n) is 1.62. The van der Waals surface area contributed by atoms with E-state index >= 15 is 0 Å². The minimum absolute atomic E-state index is 0.122. The van der Waals surface area contributed by atoms with E-state index in [-0.39, 0.29) is 25.3 Å². The second kappa shape index (κ2) is 6.39. The van der Waals surface area contributed by atoms with Crippen molar-refractivity contribution in [2.75, 3.05) is 19.8 Å². The predicted octanol–water partition coefficient (Wildman–Crippen LogP) is 1.09. The Morgan fingerprint density at radius 2 is 2.24 bits per heavy atom. The fraction of sp³-hybridized carbons (Fsp3) is 0.667. The zero-order chi connectivity index (χ0) is 12.8. The summed E-state index contributed by atoms with van der Waals surface area (Å²) in [6, 6.07) is 0. The maximum Gasteiger partial charge on any atom is 0.333 e. The highest BCUT2D eigenvalue weighted by atomic mass is 16.6. The number of likely N-dealkylation sites (tertiary alicyclic amines) is 1. The summed E-state index contributed by atoms with van der Waals surface area (Å²) in [5, 5.41) is 0. The van der Waals surface area contributed by atoms with Crippen LogP contribution in [0.5, 0.6) is 0 Å². The molecular weight excluding hydrogens is 222 g/mol.